The molecule has 0 amide bonds. The van der Waals surface area contributed by atoms with Gasteiger partial charge in [-0.25, -0.2) is 4.98 Å². The maximum Gasteiger partial charge on any atom is 0.147 e. The molecule has 4 heteroatoms. The van der Waals surface area contributed by atoms with Crippen molar-refractivity contribution in [1.82, 2.24) is 15.3 Å². The molecule has 21 heavy (non-hydrogen) atoms. The maximum atomic E-state index is 4.58. The van der Waals surface area contributed by atoms with Gasteiger partial charge in [-0.15, -0.1) is 0 Å². The van der Waals surface area contributed by atoms with Crippen LogP contribution in [-0.2, 0) is 19.5 Å². The third kappa shape index (κ3) is 3.39. The largest absolute Gasteiger partial charge is 0.351 e. The highest BCUT2D eigenvalue weighted by molar-refractivity contribution is 5.42. The van der Waals surface area contributed by atoms with Gasteiger partial charge in [0.1, 0.15) is 5.82 Å². The van der Waals surface area contributed by atoms with Crippen molar-refractivity contribution in [2.75, 3.05) is 18.0 Å². The summed E-state index contributed by atoms with van der Waals surface area (Å²) in [5, 5.41) is 3.35. The lowest BCUT2D eigenvalue weighted by atomic mass is 10.0. The summed E-state index contributed by atoms with van der Waals surface area (Å²) in [6.45, 7) is 5.92. The van der Waals surface area contributed by atoms with Crippen molar-refractivity contribution in [1.29, 1.82) is 0 Å². The van der Waals surface area contributed by atoms with Crippen molar-refractivity contribution >= 4 is 5.82 Å². The van der Waals surface area contributed by atoms with Crippen molar-refractivity contribution in [2.24, 2.45) is 0 Å². The lowest BCUT2D eigenvalue weighted by Gasteiger charge is -2.29. The number of nitrogens with zero attached hydrogens (tertiary/aromatic N) is 3. The number of anilines is 1. The second-order valence-corrected chi connectivity index (χ2v) is 5.48. The minimum Gasteiger partial charge on any atom is -0.351 e. The minimum absolute atomic E-state index is 0.796. The lowest BCUT2D eigenvalue weighted by molar-refractivity contribution is 0.659. The van der Waals surface area contributed by atoms with Gasteiger partial charge >= 0.3 is 0 Å². The van der Waals surface area contributed by atoms with E-state index in [0.717, 1.165) is 50.5 Å². The molecule has 0 spiro atoms. The molecule has 1 N–H and O–H groups in total. The number of benzene rings is 1. The van der Waals surface area contributed by atoms with Crippen LogP contribution in [0.5, 0.6) is 0 Å². The van der Waals surface area contributed by atoms with E-state index in [9.17, 15) is 0 Å². The maximum absolute atomic E-state index is 4.58. The fourth-order valence-corrected chi connectivity index (χ4v) is 2.69. The zero-order valence-electron chi connectivity index (χ0n) is 12.5. The average Bonchev–Trinajstić information content (AvgIpc) is 2.55. The van der Waals surface area contributed by atoms with Crippen LogP contribution in [0.3, 0.4) is 0 Å². The highest BCUT2D eigenvalue weighted by Crippen LogP contribution is 2.22. The van der Waals surface area contributed by atoms with Gasteiger partial charge in [0.25, 0.3) is 0 Å². The van der Waals surface area contributed by atoms with Gasteiger partial charge in [-0.05, 0) is 30.5 Å². The molecule has 1 aromatic carbocycles. The van der Waals surface area contributed by atoms with Gasteiger partial charge in [-0.1, -0.05) is 31.2 Å². The van der Waals surface area contributed by atoms with Crippen LogP contribution in [-0.4, -0.2) is 23.1 Å². The smallest absolute Gasteiger partial charge is 0.147 e. The Morgan fingerprint density at radius 1 is 1.14 bits per heavy atom. The summed E-state index contributed by atoms with van der Waals surface area (Å²) in [4.78, 5) is 11.4. The molecule has 0 unspecified atom stereocenters. The molecular weight excluding hydrogens is 260 g/mol. The summed E-state index contributed by atoms with van der Waals surface area (Å²) in [6, 6.07) is 8.65. The van der Waals surface area contributed by atoms with Crippen LogP contribution in [0.2, 0.25) is 0 Å². The molecule has 4 nitrogen and oxygen atoms in total. The highest BCUT2D eigenvalue weighted by atomic mass is 15.2. The summed E-state index contributed by atoms with van der Waals surface area (Å²) in [5.41, 5.74) is 3.87. The molecule has 2 heterocycles. The molecule has 0 saturated heterocycles. The molecule has 3 rings (SSSR count). The van der Waals surface area contributed by atoms with Crippen molar-refractivity contribution < 1.29 is 0 Å². The first-order valence-corrected chi connectivity index (χ1v) is 7.70. The van der Waals surface area contributed by atoms with Crippen LogP contribution in [0.4, 0.5) is 5.82 Å². The number of hydrogen-bond donors (Lipinski definition) is 1. The summed E-state index contributed by atoms with van der Waals surface area (Å²) < 4.78 is 0. The molecule has 1 aliphatic rings. The summed E-state index contributed by atoms with van der Waals surface area (Å²) in [7, 11) is 0. The second kappa shape index (κ2) is 6.68. The predicted molar refractivity (Wildman–Crippen MR) is 85.2 cm³/mol. The highest BCUT2D eigenvalue weighted by Gasteiger charge is 2.17. The van der Waals surface area contributed by atoms with Crippen molar-refractivity contribution in [3.8, 4) is 0 Å². The number of fused-ring (bicyclic) bond motifs is 1. The monoisotopic (exact) mass is 282 g/mol. The zero-order valence-corrected chi connectivity index (χ0v) is 12.5. The Kier molecular flexibility index (Phi) is 4.46. The van der Waals surface area contributed by atoms with Gasteiger partial charge in [0.15, 0.2) is 0 Å². The Morgan fingerprint density at radius 3 is 2.76 bits per heavy atom. The van der Waals surface area contributed by atoms with E-state index >= 15 is 0 Å². The summed E-state index contributed by atoms with van der Waals surface area (Å²) >= 11 is 0. The number of hydrogen-bond acceptors (Lipinski definition) is 4. The van der Waals surface area contributed by atoms with E-state index in [0.29, 0.717) is 0 Å². The molecule has 1 aliphatic heterocycles. The summed E-state index contributed by atoms with van der Waals surface area (Å²) in [5.74, 6) is 0.976. The van der Waals surface area contributed by atoms with E-state index in [1.54, 1.807) is 0 Å². The first-order valence-electron chi connectivity index (χ1n) is 7.70. The second-order valence-electron chi connectivity index (χ2n) is 5.48. The molecule has 0 atom stereocenters. The zero-order chi connectivity index (χ0) is 14.5. The Morgan fingerprint density at radius 2 is 2.00 bits per heavy atom. The summed E-state index contributed by atoms with van der Waals surface area (Å²) in [6.07, 6.45) is 6.01. The van der Waals surface area contributed by atoms with Crippen molar-refractivity contribution in [3.05, 3.63) is 53.5 Å². The normalized spacial score (nSPS) is 14.0. The molecule has 1 aromatic heterocycles. The van der Waals surface area contributed by atoms with Gasteiger partial charge in [0.05, 0.1) is 18.1 Å². The third-order valence-electron chi connectivity index (χ3n) is 3.88. The molecular formula is C17H22N4. The van der Waals surface area contributed by atoms with Crippen LogP contribution in [0.15, 0.2) is 36.7 Å². The average molecular weight is 282 g/mol. The lowest BCUT2D eigenvalue weighted by Crippen LogP contribution is -2.31. The molecule has 110 valence electrons. The van der Waals surface area contributed by atoms with Gasteiger partial charge in [-0.2, -0.15) is 0 Å². The number of rotatable bonds is 5. The van der Waals surface area contributed by atoms with Crippen LogP contribution in [0.25, 0.3) is 0 Å². The Bertz CT molecular complexity index is 580. The molecule has 0 radical (unpaired) electrons. The minimum atomic E-state index is 0.796. The Labute approximate surface area is 126 Å². The third-order valence-corrected chi connectivity index (χ3v) is 3.88. The first-order chi connectivity index (χ1) is 10.4. The molecule has 0 saturated carbocycles. The molecule has 0 aliphatic carbocycles. The number of aromatic nitrogens is 2. The van der Waals surface area contributed by atoms with Gasteiger partial charge < -0.3 is 10.2 Å². The van der Waals surface area contributed by atoms with Crippen LogP contribution >= 0.6 is 0 Å². The van der Waals surface area contributed by atoms with Crippen LogP contribution in [0, 0.1) is 0 Å². The number of nitrogens with one attached hydrogen (secondary N) is 1. The van der Waals surface area contributed by atoms with Crippen LogP contribution in [0.1, 0.15) is 30.2 Å². The van der Waals surface area contributed by atoms with E-state index < -0.39 is 0 Å². The molecule has 0 bridgehead atoms. The SMILES string of the molecule is CCCNCc1cnc(N2CCc3ccccc3C2)cn1. The molecule has 0 fully saturated rings. The topological polar surface area (TPSA) is 41.1 Å². The quantitative estimate of drug-likeness (QED) is 0.856. The standard InChI is InChI=1S/C17H22N4/c1-2-8-18-10-16-11-20-17(12-19-16)21-9-7-14-5-3-4-6-15(14)13-21/h3-6,11-12,18H,2,7-10,13H2,1H3. The molecule has 2 aromatic rings. The predicted octanol–water partition coefficient (Wildman–Crippen LogP) is 2.54. The van der Waals surface area contributed by atoms with Gasteiger partial charge in [0.2, 0.25) is 0 Å². The van der Waals surface area contributed by atoms with Gasteiger partial charge in [-0.3, -0.25) is 4.98 Å². The van der Waals surface area contributed by atoms with Crippen molar-refractivity contribution in [3.63, 3.8) is 0 Å². The van der Waals surface area contributed by atoms with Crippen molar-refractivity contribution in [2.45, 2.75) is 32.9 Å². The van der Waals surface area contributed by atoms with E-state index in [2.05, 4.69) is 51.4 Å². The van der Waals surface area contributed by atoms with E-state index in [-0.39, 0.29) is 0 Å². The van der Waals surface area contributed by atoms with E-state index in [1.165, 1.54) is 11.1 Å². The van der Waals surface area contributed by atoms with E-state index in [1.807, 2.05) is 12.4 Å². The fraction of sp³-hybridized carbons (Fsp3) is 0.412. The Hall–Kier alpha value is -1.94. The van der Waals surface area contributed by atoms with Gasteiger partial charge in [0, 0.05) is 19.6 Å². The first kappa shape index (κ1) is 14.0. The Balaban J connectivity index is 1.65. The van der Waals surface area contributed by atoms with Crippen LogP contribution < -0.4 is 10.2 Å². The van der Waals surface area contributed by atoms with E-state index in [4.69, 9.17) is 0 Å². The fourth-order valence-electron chi connectivity index (χ4n) is 2.69.